The summed E-state index contributed by atoms with van der Waals surface area (Å²) in [6.07, 6.45) is 0.971. The summed E-state index contributed by atoms with van der Waals surface area (Å²) in [5.74, 6) is -1.51. The summed E-state index contributed by atoms with van der Waals surface area (Å²) < 4.78 is 9.15. The Hall–Kier alpha value is -3.50. The van der Waals surface area contributed by atoms with Gasteiger partial charge >= 0.3 is 0 Å². The maximum Gasteiger partial charge on any atom is 0.295 e. The van der Waals surface area contributed by atoms with Crippen LogP contribution < -0.4 is 15.3 Å². The molecule has 0 spiro atoms. The molecule has 0 aliphatic rings. The minimum Gasteiger partial charge on any atom is -0.870 e. The number of benzene rings is 1. The third kappa shape index (κ3) is 3.40. The van der Waals surface area contributed by atoms with Crippen LogP contribution in [0.4, 0.5) is 5.69 Å². The van der Waals surface area contributed by atoms with Crippen molar-refractivity contribution in [3.05, 3.63) is 39.2 Å². The molecule has 1 aromatic carbocycles. The minimum absolute atomic E-state index is 0.0684. The lowest BCUT2D eigenvalue weighted by Crippen LogP contribution is -2.19. The fourth-order valence-electron chi connectivity index (χ4n) is 1.61. The van der Waals surface area contributed by atoms with E-state index in [-0.39, 0.29) is 28.4 Å². The molecule has 11 nitrogen and oxygen atoms in total. The number of hydrogen-bond donors (Lipinski definition) is 1. The van der Waals surface area contributed by atoms with Crippen LogP contribution in [0, 0.1) is 17.0 Å². The van der Waals surface area contributed by atoms with Crippen molar-refractivity contribution in [3.8, 4) is 11.5 Å². The normalized spacial score (nSPS) is 10.7. The number of nitrogens with one attached hydrogen (secondary N) is 1. The number of hydrogen-bond acceptors (Lipinski definition) is 9. The Morgan fingerprint density at radius 1 is 1.48 bits per heavy atom. The van der Waals surface area contributed by atoms with E-state index in [2.05, 4.69) is 25.5 Å². The first-order valence-corrected chi connectivity index (χ1v) is 6.10. The molecule has 0 aliphatic heterocycles. The third-order valence-corrected chi connectivity index (χ3v) is 2.74. The Balaban J connectivity index is 2.22. The maximum atomic E-state index is 11.9. The van der Waals surface area contributed by atoms with Crippen molar-refractivity contribution < 1.29 is 24.2 Å². The van der Waals surface area contributed by atoms with Gasteiger partial charge in [0, 0.05) is 6.07 Å². The highest BCUT2D eigenvalue weighted by atomic mass is 16.6. The van der Waals surface area contributed by atoms with Crippen LogP contribution in [0.1, 0.15) is 21.7 Å². The summed E-state index contributed by atoms with van der Waals surface area (Å²) in [7, 11) is 1.21. The zero-order valence-corrected chi connectivity index (χ0v) is 12.0. The van der Waals surface area contributed by atoms with E-state index in [1.54, 1.807) is 0 Å². The number of ether oxygens (including phenoxy) is 1. The Morgan fingerprint density at radius 3 is 2.78 bits per heavy atom. The van der Waals surface area contributed by atoms with Crippen LogP contribution >= 0.6 is 0 Å². The molecule has 0 bridgehead atoms. The van der Waals surface area contributed by atoms with E-state index in [9.17, 15) is 20.0 Å². The number of nitro groups is 1. The summed E-state index contributed by atoms with van der Waals surface area (Å²) in [6.45, 7) is 1.51. The molecule has 0 radical (unpaired) electrons. The molecular formula is C12H10N5O6-. The van der Waals surface area contributed by atoms with Gasteiger partial charge in [-0.05, 0) is 17.6 Å². The number of hydrazone groups is 1. The smallest absolute Gasteiger partial charge is 0.295 e. The Labute approximate surface area is 128 Å². The molecule has 1 amide bonds. The summed E-state index contributed by atoms with van der Waals surface area (Å²) in [5.41, 5.74) is 1.84. The average molecular weight is 320 g/mol. The SMILES string of the molecule is COc1cc([N+](=O)[O-])cc(/C=N\NC(=O)c2nonc2C)c1[O-]. The Morgan fingerprint density at radius 2 is 2.22 bits per heavy atom. The lowest BCUT2D eigenvalue weighted by molar-refractivity contribution is -0.385. The second kappa shape index (κ2) is 6.51. The monoisotopic (exact) mass is 320 g/mol. The lowest BCUT2D eigenvalue weighted by Gasteiger charge is -2.14. The molecule has 2 aromatic rings. The zero-order chi connectivity index (χ0) is 17.0. The quantitative estimate of drug-likeness (QED) is 0.463. The topological polar surface area (TPSA) is 156 Å². The number of carbonyl (C=O) groups is 1. The standard InChI is InChI=1S/C12H11N5O6/c1-6-10(16-23-15-6)12(19)14-13-5-7-3-8(17(20)21)4-9(22-2)11(7)18/h3-5,18H,1-2H3,(H,14,19)/p-1/b13-5-. The first kappa shape index (κ1) is 15.9. The molecule has 0 saturated heterocycles. The first-order valence-electron chi connectivity index (χ1n) is 6.10. The lowest BCUT2D eigenvalue weighted by atomic mass is 10.2. The molecule has 23 heavy (non-hydrogen) atoms. The van der Waals surface area contributed by atoms with Gasteiger partial charge in [0.2, 0.25) is 0 Å². The fraction of sp³-hybridized carbons (Fsp3) is 0.167. The van der Waals surface area contributed by atoms with E-state index >= 15 is 0 Å². The highest BCUT2D eigenvalue weighted by molar-refractivity contribution is 5.94. The van der Waals surface area contributed by atoms with Gasteiger partial charge in [-0.25, -0.2) is 10.1 Å². The van der Waals surface area contributed by atoms with Crippen molar-refractivity contribution in [2.24, 2.45) is 5.10 Å². The van der Waals surface area contributed by atoms with Crippen LogP contribution in [0.15, 0.2) is 21.9 Å². The van der Waals surface area contributed by atoms with Crippen LogP contribution in [-0.4, -0.2) is 34.5 Å². The van der Waals surface area contributed by atoms with E-state index in [4.69, 9.17) is 4.74 Å². The third-order valence-electron chi connectivity index (χ3n) is 2.74. The maximum absolute atomic E-state index is 11.9. The van der Waals surface area contributed by atoms with Gasteiger partial charge in [0.05, 0.1) is 24.3 Å². The summed E-state index contributed by atoms with van der Waals surface area (Å²) in [6, 6.07) is 2.02. The average Bonchev–Trinajstić information content (AvgIpc) is 2.94. The number of nitrogens with zero attached hydrogens (tertiary/aromatic N) is 4. The summed E-state index contributed by atoms with van der Waals surface area (Å²) in [5, 5.41) is 33.1. The molecule has 1 heterocycles. The molecule has 1 aromatic heterocycles. The van der Waals surface area contributed by atoms with Crippen molar-refractivity contribution in [2.45, 2.75) is 6.92 Å². The highest BCUT2D eigenvalue weighted by Gasteiger charge is 2.14. The first-order chi connectivity index (χ1) is 10.9. The van der Waals surface area contributed by atoms with Gasteiger partial charge in [0.15, 0.2) is 5.69 Å². The van der Waals surface area contributed by atoms with Gasteiger partial charge in [-0.2, -0.15) is 5.10 Å². The zero-order valence-electron chi connectivity index (χ0n) is 12.0. The molecule has 11 heteroatoms. The molecule has 1 N–H and O–H groups in total. The molecule has 0 aliphatic carbocycles. The van der Waals surface area contributed by atoms with Crippen molar-refractivity contribution >= 4 is 17.8 Å². The van der Waals surface area contributed by atoms with E-state index in [1.165, 1.54) is 14.0 Å². The van der Waals surface area contributed by atoms with E-state index < -0.39 is 16.6 Å². The molecule has 0 unspecified atom stereocenters. The second-order valence-corrected chi connectivity index (χ2v) is 4.22. The van der Waals surface area contributed by atoms with Gasteiger partial charge < -0.3 is 9.84 Å². The Bertz CT molecular complexity index is 784. The van der Waals surface area contributed by atoms with Gasteiger partial charge in [0.1, 0.15) is 11.4 Å². The second-order valence-electron chi connectivity index (χ2n) is 4.22. The number of rotatable bonds is 5. The molecule has 2 rings (SSSR count). The molecular weight excluding hydrogens is 310 g/mol. The van der Waals surface area contributed by atoms with Gasteiger partial charge in [-0.15, -0.1) is 0 Å². The van der Waals surface area contributed by atoms with Crippen LogP contribution in [-0.2, 0) is 0 Å². The van der Waals surface area contributed by atoms with Crippen molar-refractivity contribution in [2.75, 3.05) is 7.11 Å². The highest BCUT2D eigenvalue weighted by Crippen LogP contribution is 2.31. The van der Waals surface area contributed by atoms with Gasteiger partial charge in [-0.3, -0.25) is 14.9 Å². The minimum atomic E-state index is -0.704. The molecule has 0 atom stereocenters. The molecule has 0 fully saturated rings. The van der Waals surface area contributed by atoms with E-state index in [0.29, 0.717) is 0 Å². The van der Waals surface area contributed by atoms with Crippen molar-refractivity contribution in [1.82, 2.24) is 15.7 Å². The van der Waals surface area contributed by atoms with Gasteiger partial charge in [-0.1, -0.05) is 10.9 Å². The number of methoxy groups -OCH3 is 1. The van der Waals surface area contributed by atoms with Crippen LogP contribution in [0.3, 0.4) is 0 Å². The summed E-state index contributed by atoms with van der Waals surface area (Å²) in [4.78, 5) is 21.8. The number of amides is 1. The predicted molar refractivity (Wildman–Crippen MR) is 73.2 cm³/mol. The largest absolute Gasteiger partial charge is 0.870 e. The van der Waals surface area contributed by atoms with E-state index in [0.717, 1.165) is 18.3 Å². The molecule has 0 saturated carbocycles. The van der Waals surface area contributed by atoms with Crippen LogP contribution in [0.25, 0.3) is 0 Å². The number of aromatic nitrogens is 2. The summed E-state index contributed by atoms with van der Waals surface area (Å²) >= 11 is 0. The van der Waals surface area contributed by atoms with E-state index in [1.807, 2.05) is 0 Å². The number of carbonyl (C=O) groups excluding carboxylic acids is 1. The van der Waals surface area contributed by atoms with Crippen molar-refractivity contribution in [1.29, 1.82) is 0 Å². The van der Waals surface area contributed by atoms with Gasteiger partial charge in [0.25, 0.3) is 11.6 Å². The van der Waals surface area contributed by atoms with Crippen molar-refractivity contribution in [3.63, 3.8) is 0 Å². The van der Waals surface area contributed by atoms with Crippen LogP contribution in [0.2, 0.25) is 0 Å². The molecule has 120 valence electrons. The predicted octanol–water partition coefficient (Wildman–Crippen LogP) is 0.132. The number of aryl methyl sites for hydroxylation is 1. The Kier molecular flexibility index (Phi) is 4.50. The number of non-ortho nitro benzene ring substituents is 1. The van der Waals surface area contributed by atoms with Crippen LogP contribution in [0.5, 0.6) is 11.5 Å². The number of nitro benzene ring substituents is 1. The fourth-order valence-corrected chi connectivity index (χ4v) is 1.61.